The fourth-order valence-corrected chi connectivity index (χ4v) is 2.84. The fourth-order valence-electron chi connectivity index (χ4n) is 1.85. The fraction of sp³-hybridized carbons (Fsp3) is 0.692. The molecule has 1 atom stereocenters. The highest BCUT2D eigenvalue weighted by Gasteiger charge is 2.28. The van der Waals surface area contributed by atoms with Crippen LogP contribution in [0.5, 0.6) is 0 Å². The highest BCUT2D eigenvalue weighted by molar-refractivity contribution is 7.09. The summed E-state index contributed by atoms with van der Waals surface area (Å²) in [5.74, 6) is 1.07. The highest BCUT2D eigenvalue weighted by atomic mass is 32.1. The quantitative estimate of drug-likeness (QED) is 0.826. The zero-order chi connectivity index (χ0) is 13.1. The minimum atomic E-state index is -0.0997. The Bertz CT molecular complexity index is 412. The molecule has 4 nitrogen and oxygen atoms in total. The molecule has 1 unspecified atom stereocenters. The molecule has 1 aliphatic rings. The molecule has 1 saturated carbocycles. The van der Waals surface area contributed by atoms with Gasteiger partial charge in [-0.05, 0) is 24.7 Å². The normalized spacial score (nSPS) is 16.9. The Morgan fingerprint density at radius 1 is 1.61 bits per heavy atom. The van der Waals surface area contributed by atoms with Gasteiger partial charge in [0.2, 0.25) is 0 Å². The number of carbonyl (C=O) groups excluding carboxylic acids is 1. The van der Waals surface area contributed by atoms with Crippen LogP contribution in [0.1, 0.15) is 42.2 Å². The molecular formula is C13H21N3OS. The van der Waals surface area contributed by atoms with Crippen molar-refractivity contribution in [3.8, 4) is 0 Å². The molecule has 1 fully saturated rings. The predicted molar refractivity (Wildman–Crippen MR) is 73.7 cm³/mol. The van der Waals surface area contributed by atoms with E-state index in [4.69, 9.17) is 5.73 Å². The zero-order valence-corrected chi connectivity index (χ0v) is 11.8. The molecule has 1 aliphatic carbocycles. The average molecular weight is 267 g/mol. The van der Waals surface area contributed by atoms with Crippen LogP contribution in [0.15, 0.2) is 5.38 Å². The van der Waals surface area contributed by atoms with Gasteiger partial charge >= 0.3 is 0 Å². The first-order valence-electron chi connectivity index (χ1n) is 6.54. The van der Waals surface area contributed by atoms with Crippen LogP contribution in [0.3, 0.4) is 0 Å². The van der Waals surface area contributed by atoms with E-state index in [2.05, 4.69) is 24.1 Å². The second-order valence-corrected chi connectivity index (χ2v) is 6.38. The van der Waals surface area contributed by atoms with Gasteiger partial charge in [0.25, 0.3) is 5.91 Å². The Labute approximate surface area is 112 Å². The summed E-state index contributed by atoms with van der Waals surface area (Å²) in [7, 11) is 0. The molecule has 0 spiro atoms. The topological polar surface area (TPSA) is 68.0 Å². The Balaban J connectivity index is 1.82. The van der Waals surface area contributed by atoms with Crippen molar-refractivity contribution in [3.63, 3.8) is 0 Å². The lowest BCUT2D eigenvalue weighted by Gasteiger charge is -2.10. The van der Waals surface area contributed by atoms with Crippen LogP contribution in [-0.4, -0.2) is 23.5 Å². The number of hydrogen-bond donors (Lipinski definition) is 2. The maximum Gasteiger partial charge on any atom is 0.270 e. The van der Waals surface area contributed by atoms with E-state index >= 15 is 0 Å². The molecule has 100 valence electrons. The summed E-state index contributed by atoms with van der Waals surface area (Å²) in [5.41, 5.74) is 6.47. The summed E-state index contributed by atoms with van der Waals surface area (Å²) >= 11 is 1.56. The number of hydrogen-bond acceptors (Lipinski definition) is 4. The molecule has 1 amide bonds. The van der Waals surface area contributed by atoms with Gasteiger partial charge in [0.05, 0.1) is 5.01 Å². The summed E-state index contributed by atoms with van der Waals surface area (Å²) in [6.45, 7) is 4.85. The van der Waals surface area contributed by atoms with Gasteiger partial charge in [-0.2, -0.15) is 0 Å². The third-order valence-electron chi connectivity index (χ3n) is 3.09. The summed E-state index contributed by atoms with van der Waals surface area (Å²) < 4.78 is 0. The van der Waals surface area contributed by atoms with Gasteiger partial charge in [0.15, 0.2) is 0 Å². The summed E-state index contributed by atoms with van der Waals surface area (Å²) in [4.78, 5) is 16.2. The number of nitrogens with one attached hydrogen (secondary N) is 1. The molecule has 0 aliphatic heterocycles. The number of amides is 1. The molecule has 18 heavy (non-hydrogen) atoms. The van der Waals surface area contributed by atoms with Crippen molar-refractivity contribution in [2.75, 3.05) is 6.54 Å². The van der Waals surface area contributed by atoms with Gasteiger partial charge in [-0.25, -0.2) is 4.98 Å². The van der Waals surface area contributed by atoms with Crippen molar-refractivity contribution in [3.05, 3.63) is 16.1 Å². The lowest BCUT2D eigenvalue weighted by Crippen LogP contribution is -2.38. The van der Waals surface area contributed by atoms with Crippen molar-refractivity contribution < 1.29 is 4.79 Å². The molecular weight excluding hydrogens is 246 g/mol. The van der Waals surface area contributed by atoms with E-state index in [-0.39, 0.29) is 11.9 Å². The Morgan fingerprint density at radius 2 is 2.33 bits per heavy atom. The van der Waals surface area contributed by atoms with Gasteiger partial charge in [0, 0.05) is 24.4 Å². The van der Waals surface area contributed by atoms with Crippen LogP contribution < -0.4 is 11.1 Å². The van der Waals surface area contributed by atoms with Gasteiger partial charge in [-0.3, -0.25) is 4.79 Å². The molecule has 1 aromatic rings. The first-order chi connectivity index (χ1) is 8.56. The van der Waals surface area contributed by atoms with Gasteiger partial charge in [-0.1, -0.05) is 13.8 Å². The molecule has 0 aromatic carbocycles. The molecule has 5 heteroatoms. The van der Waals surface area contributed by atoms with Crippen molar-refractivity contribution in [1.29, 1.82) is 0 Å². The first kappa shape index (κ1) is 13.5. The number of thiazole rings is 1. The Morgan fingerprint density at radius 3 is 2.94 bits per heavy atom. The standard InChI is InChI=1S/C13H21N3OS/c1-8(2)5-12-16-11(7-18-12)13(17)15-6-10(14)9-3-4-9/h7-10H,3-6,14H2,1-2H3,(H,15,17). The molecule has 0 saturated heterocycles. The van der Waals surface area contributed by atoms with Gasteiger partial charge in [0.1, 0.15) is 5.69 Å². The highest BCUT2D eigenvalue weighted by Crippen LogP contribution is 2.31. The van der Waals surface area contributed by atoms with E-state index in [1.54, 1.807) is 11.3 Å². The number of aromatic nitrogens is 1. The molecule has 0 radical (unpaired) electrons. The molecule has 3 N–H and O–H groups in total. The third kappa shape index (κ3) is 3.78. The van der Waals surface area contributed by atoms with Crippen LogP contribution in [0.25, 0.3) is 0 Å². The van der Waals surface area contributed by atoms with E-state index < -0.39 is 0 Å². The van der Waals surface area contributed by atoms with Crippen molar-refractivity contribution >= 4 is 17.2 Å². The number of nitrogens with two attached hydrogens (primary N) is 1. The van der Waals surface area contributed by atoms with Crippen LogP contribution in [0, 0.1) is 11.8 Å². The van der Waals surface area contributed by atoms with Gasteiger partial charge < -0.3 is 11.1 Å². The van der Waals surface area contributed by atoms with Crippen LogP contribution in [0.4, 0.5) is 0 Å². The second kappa shape index (κ2) is 5.80. The second-order valence-electron chi connectivity index (χ2n) is 5.44. The SMILES string of the molecule is CC(C)Cc1nc(C(=O)NCC(N)C2CC2)cs1. The smallest absolute Gasteiger partial charge is 0.270 e. The summed E-state index contributed by atoms with van der Waals surface area (Å²) in [6.07, 6.45) is 3.33. The summed E-state index contributed by atoms with van der Waals surface area (Å²) in [6, 6.07) is 0.0997. The van der Waals surface area contributed by atoms with Crippen molar-refractivity contribution in [1.82, 2.24) is 10.3 Å². The van der Waals surface area contributed by atoms with Crippen LogP contribution in [-0.2, 0) is 6.42 Å². The van der Waals surface area contributed by atoms with Crippen molar-refractivity contribution in [2.45, 2.75) is 39.2 Å². The number of rotatable bonds is 6. The lowest BCUT2D eigenvalue weighted by molar-refractivity contribution is 0.0946. The lowest BCUT2D eigenvalue weighted by atomic mass is 10.1. The molecule has 1 heterocycles. The zero-order valence-electron chi connectivity index (χ0n) is 11.0. The van der Waals surface area contributed by atoms with Crippen LogP contribution >= 0.6 is 11.3 Å². The molecule has 0 bridgehead atoms. The summed E-state index contributed by atoms with van der Waals surface area (Å²) in [5, 5.41) is 5.73. The third-order valence-corrected chi connectivity index (χ3v) is 3.96. The Kier molecular flexibility index (Phi) is 4.35. The van der Waals surface area contributed by atoms with E-state index in [0.717, 1.165) is 11.4 Å². The van der Waals surface area contributed by atoms with E-state index in [1.165, 1.54) is 12.8 Å². The minimum Gasteiger partial charge on any atom is -0.349 e. The predicted octanol–water partition coefficient (Wildman–Crippen LogP) is 1.81. The maximum absolute atomic E-state index is 11.9. The largest absolute Gasteiger partial charge is 0.349 e. The first-order valence-corrected chi connectivity index (χ1v) is 7.42. The molecule has 2 rings (SSSR count). The molecule has 1 aromatic heterocycles. The number of nitrogens with zero attached hydrogens (tertiary/aromatic N) is 1. The maximum atomic E-state index is 11.9. The number of carbonyl (C=O) groups is 1. The van der Waals surface area contributed by atoms with Crippen LogP contribution in [0.2, 0.25) is 0 Å². The Hall–Kier alpha value is -0.940. The van der Waals surface area contributed by atoms with E-state index in [9.17, 15) is 4.79 Å². The van der Waals surface area contributed by atoms with E-state index in [1.807, 2.05) is 5.38 Å². The van der Waals surface area contributed by atoms with E-state index in [0.29, 0.717) is 24.1 Å². The minimum absolute atomic E-state index is 0.0997. The average Bonchev–Trinajstić information content (AvgIpc) is 3.06. The monoisotopic (exact) mass is 267 g/mol. The van der Waals surface area contributed by atoms with Gasteiger partial charge in [-0.15, -0.1) is 11.3 Å². The van der Waals surface area contributed by atoms with Crippen molar-refractivity contribution in [2.24, 2.45) is 17.6 Å².